The van der Waals surface area contributed by atoms with E-state index in [1.165, 1.54) is 112 Å². The van der Waals surface area contributed by atoms with E-state index < -0.39 is 0 Å². The quantitative estimate of drug-likeness (QED) is 0.122. The van der Waals surface area contributed by atoms with Gasteiger partial charge in [-0.25, -0.2) is 0 Å². The first-order chi connectivity index (χ1) is 27.3. The Morgan fingerprint density at radius 3 is 0.871 bits per heavy atom. The predicted molar refractivity (Wildman–Crippen MR) is 279 cm³/mol. The Hall–Kier alpha value is -2.80. The molecule has 62 heavy (non-hydrogen) atoms. The molecular formula is C60H84SiZr-4. The van der Waals surface area contributed by atoms with Gasteiger partial charge in [0.05, 0.1) is 0 Å². The van der Waals surface area contributed by atoms with Gasteiger partial charge in [-0.15, -0.1) is 56.9 Å². The molecule has 0 aliphatic heterocycles. The molecule has 2 heteroatoms. The van der Waals surface area contributed by atoms with Crippen molar-refractivity contribution >= 4 is 28.4 Å². The van der Waals surface area contributed by atoms with Gasteiger partial charge < -0.3 is 14.9 Å². The van der Waals surface area contributed by atoms with Crippen LogP contribution >= 0.6 is 0 Å². The van der Waals surface area contributed by atoms with E-state index in [0.717, 1.165) is 12.8 Å². The van der Waals surface area contributed by atoms with Gasteiger partial charge in [-0.05, 0) is 78.7 Å². The van der Waals surface area contributed by atoms with Crippen molar-refractivity contribution in [3.8, 4) is 22.3 Å². The molecule has 6 aromatic rings. The van der Waals surface area contributed by atoms with Gasteiger partial charge >= 0.3 is 30.2 Å². The van der Waals surface area contributed by atoms with Crippen molar-refractivity contribution in [2.75, 3.05) is 0 Å². The van der Waals surface area contributed by atoms with Gasteiger partial charge in [0.1, 0.15) is 0 Å². The van der Waals surface area contributed by atoms with E-state index in [0.29, 0.717) is 0 Å². The van der Waals surface area contributed by atoms with Crippen LogP contribution in [0.5, 0.6) is 0 Å². The average molecular weight is 925 g/mol. The molecule has 0 saturated heterocycles. The van der Waals surface area contributed by atoms with E-state index >= 15 is 0 Å². The summed E-state index contributed by atoms with van der Waals surface area (Å²) in [6.07, 6.45) is 2.18. The minimum absolute atomic E-state index is 0. The Morgan fingerprint density at radius 1 is 0.387 bits per heavy atom. The summed E-state index contributed by atoms with van der Waals surface area (Å²) >= 11 is 1.36. The van der Waals surface area contributed by atoms with Crippen LogP contribution in [0.3, 0.4) is 0 Å². The molecule has 0 atom stereocenters. The molecule has 0 nitrogen and oxygen atoms in total. The van der Waals surface area contributed by atoms with Crippen molar-refractivity contribution in [3.05, 3.63) is 144 Å². The van der Waals surface area contributed by atoms with E-state index in [1.54, 1.807) is 0 Å². The molecule has 336 valence electrons. The number of fused-ring (bicyclic) bond motifs is 2. The van der Waals surface area contributed by atoms with Crippen LogP contribution in [0.25, 0.3) is 43.8 Å². The Morgan fingerprint density at radius 2 is 0.645 bits per heavy atom. The minimum atomic E-state index is 0. The summed E-state index contributed by atoms with van der Waals surface area (Å²) in [6.45, 7) is 49.2. The van der Waals surface area contributed by atoms with E-state index in [-0.39, 0.29) is 47.3 Å². The van der Waals surface area contributed by atoms with Gasteiger partial charge in [-0.3, -0.25) is 0 Å². The van der Waals surface area contributed by atoms with Crippen molar-refractivity contribution in [1.29, 1.82) is 0 Å². The molecule has 0 aliphatic carbocycles. The van der Waals surface area contributed by atoms with Crippen LogP contribution < -0.4 is 0 Å². The van der Waals surface area contributed by atoms with Crippen molar-refractivity contribution in [2.24, 2.45) is 10.8 Å². The summed E-state index contributed by atoms with van der Waals surface area (Å²) in [5, 5.41) is 5.51. The molecule has 6 aromatic carbocycles. The number of aryl methyl sites for hydroxylation is 2. The standard InChI is InChI=1S/2C29H39.2CH3.Si.Zr/c2*1-19-11-21-13-20(18-27(2,3)4)14-26(25(21)12-19)22-15-23(28(5,6)7)17-24(16-22)29(8,9)10;;;;/h2*11-17H,18H2,1-10H3;2*1H3;;/q4*-1;;. The summed E-state index contributed by atoms with van der Waals surface area (Å²) in [5.41, 5.74) is 17.7. The number of benzene rings is 4. The predicted octanol–water partition coefficient (Wildman–Crippen LogP) is 18.0. The average Bonchev–Trinajstić information content (AvgIpc) is 3.65. The van der Waals surface area contributed by atoms with Crippen LogP contribution in [0.15, 0.2) is 84.9 Å². The second-order valence-corrected chi connectivity index (χ2v) is 24.4. The normalized spacial score (nSPS) is 12.5. The van der Waals surface area contributed by atoms with Crippen molar-refractivity contribution < 1.29 is 23.3 Å². The van der Waals surface area contributed by atoms with Crippen molar-refractivity contribution in [3.63, 3.8) is 0 Å². The van der Waals surface area contributed by atoms with Crippen LogP contribution in [0.2, 0.25) is 0 Å². The third-order valence-electron chi connectivity index (χ3n) is 11.5. The van der Waals surface area contributed by atoms with E-state index in [4.69, 9.17) is 0 Å². The van der Waals surface area contributed by atoms with E-state index in [1.807, 2.05) is 0 Å². The fourth-order valence-electron chi connectivity index (χ4n) is 8.27. The fourth-order valence-corrected chi connectivity index (χ4v) is 8.27. The number of hydrogen-bond donors (Lipinski definition) is 0. The maximum absolute atomic E-state index is 3.06. The first kappa shape index (κ1) is 55.3. The van der Waals surface area contributed by atoms with Gasteiger partial charge in [-0.2, -0.15) is 12.1 Å². The Balaban J connectivity index is 0.000000398. The van der Waals surface area contributed by atoms with Crippen LogP contribution in [-0.2, 0) is 57.8 Å². The Labute approximate surface area is 399 Å². The molecule has 0 aromatic heterocycles. The zero-order chi connectivity index (χ0) is 45.6. The molecule has 0 heterocycles. The summed E-state index contributed by atoms with van der Waals surface area (Å²) in [5.74, 6) is 0. The molecule has 0 N–H and O–H groups in total. The molecule has 0 spiro atoms. The third kappa shape index (κ3) is 14.6. The van der Waals surface area contributed by atoms with Crippen LogP contribution in [0.1, 0.15) is 169 Å². The Kier molecular flexibility index (Phi) is 18.0. The van der Waals surface area contributed by atoms with Crippen LogP contribution in [0.4, 0.5) is 0 Å². The first-order valence-electron chi connectivity index (χ1n) is 22.2. The topological polar surface area (TPSA) is 0 Å². The number of rotatable bonds is 4. The van der Waals surface area contributed by atoms with E-state index in [9.17, 15) is 0 Å². The van der Waals surface area contributed by atoms with Gasteiger partial charge in [0.25, 0.3) is 0 Å². The fraction of sp³-hybridized carbons (Fsp3) is 0.467. The monoisotopic (exact) mass is 923 g/mol. The molecule has 0 unspecified atom stereocenters. The van der Waals surface area contributed by atoms with E-state index in [2.05, 4.69) is 230 Å². The van der Waals surface area contributed by atoms with Crippen molar-refractivity contribution in [1.82, 2.24) is 0 Å². The molecular weight excluding hydrogens is 840 g/mol. The molecule has 2 radical (unpaired) electrons. The first-order valence-corrected chi connectivity index (χ1v) is 26.4. The zero-order valence-electron chi connectivity index (χ0n) is 43.5. The summed E-state index contributed by atoms with van der Waals surface area (Å²) in [7, 11) is 0. The summed E-state index contributed by atoms with van der Waals surface area (Å²) in [6, 6.07) is 33.6. The van der Waals surface area contributed by atoms with Crippen LogP contribution in [0, 0.1) is 39.5 Å². The van der Waals surface area contributed by atoms with Crippen LogP contribution in [-0.4, -0.2) is 6.88 Å². The van der Waals surface area contributed by atoms with Crippen molar-refractivity contribution in [2.45, 2.75) is 173 Å². The Bertz CT molecular complexity index is 2180. The maximum atomic E-state index is 3.06. The second-order valence-electron chi connectivity index (χ2n) is 24.4. The second kappa shape index (κ2) is 20.2. The number of hydrogen-bond acceptors (Lipinski definition) is 0. The zero-order valence-corrected chi connectivity index (χ0v) is 47.0. The van der Waals surface area contributed by atoms with Gasteiger partial charge in [0, 0.05) is 0 Å². The molecule has 0 fully saturated rings. The van der Waals surface area contributed by atoms with Gasteiger partial charge in [-0.1, -0.05) is 209 Å². The van der Waals surface area contributed by atoms with Gasteiger partial charge in [0.15, 0.2) is 0 Å². The summed E-state index contributed by atoms with van der Waals surface area (Å²) in [4.78, 5) is 0. The molecule has 6 rings (SSSR count). The molecule has 0 bridgehead atoms. The molecule has 0 saturated carbocycles. The third-order valence-corrected chi connectivity index (χ3v) is 11.5. The SMILES string of the molecule is Cc1cc2c(-c3cc(C(C)(C)C)cc(C(C)(C)C)c3)cc(CC(C)(C)C)cc2[cH-]1.Cc1cc2c(-c3cc(C(C)(C)C)cc(C(C)(C)C)c3)cc(CC(C)(C)C)cc2[cH-]1.[CH3-].[CH3-].[Si]=[Zr]. The molecule has 0 aliphatic rings. The molecule has 0 amide bonds. The van der Waals surface area contributed by atoms with Gasteiger partial charge in [0.2, 0.25) is 0 Å². The summed E-state index contributed by atoms with van der Waals surface area (Å²) < 4.78 is 0.